The van der Waals surface area contributed by atoms with Gasteiger partial charge in [-0.25, -0.2) is 0 Å². The van der Waals surface area contributed by atoms with Crippen LogP contribution in [0.25, 0.3) is 11.1 Å². The van der Waals surface area contributed by atoms with Gasteiger partial charge >= 0.3 is 0 Å². The van der Waals surface area contributed by atoms with E-state index in [1.807, 2.05) is 36.4 Å². The van der Waals surface area contributed by atoms with Crippen molar-refractivity contribution < 1.29 is 14.2 Å². The minimum Gasteiger partial charge on any atom is -0.491 e. The third kappa shape index (κ3) is 7.98. The molecule has 6 heteroatoms. The molecule has 0 bridgehead atoms. The van der Waals surface area contributed by atoms with E-state index in [0.29, 0.717) is 33.0 Å². The predicted molar refractivity (Wildman–Crippen MR) is 114 cm³/mol. The number of para-hydroxylation sites is 1. The number of methoxy groups -OCH3 is 1. The van der Waals surface area contributed by atoms with E-state index in [1.165, 1.54) is 0 Å². The van der Waals surface area contributed by atoms with Crippen LogP contribution in [0.1, 0.15) is 6.42 Å². The smallest absolute Gasteiger partial charge is 0.191 e. The Balaban J connectivity index is 1.68. The number of nitrogens with zero attached hydrogens (tertiary/aromatic N) is 1. The molecule has 152 valence electrons. The van der Waals surface area contributed by atoms with Crippen molar-refractivity contribution in [1.29, 1.82) is 0 Å². The summed E-state index contributed by atoms with van der Waals surface area (Å²) in [7, 11) is 3.43. The molecule has 0 saturated heterocycles. The zero-order valence-electron chi connectivity index (χ0n) is 16.8. The van der Waals surface area contributed by atoms with Crippen LogP contribution in [0.15, 0.2) is 59.6 Å². The Labute approximate surface area is 167 Å². The number of guanidine groups is 1. The Morgan fingerprint density at radius 1 is 0.857 bits per heavy atom. The highest BCUT2D eigenvalue weighted by molar-refractivity contribution is 5.79. The van der Waals surface area contributed by atoms with Gasteiger partial charge in [-0.15, -0.1) is 0 Å². The maximum Gasteiger partial charge on any atom is 0.191 e. The van der Waals surface area contributed by atoms with E-state index in [9.17, 15) is 0 Å². The van der Waals surface area contributed by atoms with Crippen molar-refractivity contribution in [2.45, 2.75) is 6.42 Å². The van der Waals surface area contributed by atoms with Crippen LogP contribution in [0, 0.1) is 0 Å². The van der Waals surface area contributed by atoms with E-state index in [2.05, 4.69) is 33.8 Å². The Bertz CT molecular complexity index is 692. The quantitative estimate of drug-likeness (QED) is 0.334. The molecule has 2 N–H and O–H groups in total. The van der Waals surface area contributed by atoms with E-state index in [4.69, 9.17) is 14.2 Å². The molecule has 0 fully saturated rings. The zero-order chi connectivity index (χ0) is 19.9. The molecule has 2 aromatic carbocycles. The summed E-state index contributed by atoms with van der Waals surface area (Å²) >= 11 is 0. The summed E-state index contributed by atoms with van der Waals surface area (Å²) in [4.78, 5) is 4.22. The monoisotopic (exact) mass is 385 g/mol. The van der Waals surface area contributed by atoms with Crippen LogP contribution in [0.4, 0.5) is 0 Å². The second-order valence-electron chi connectivity index (χ2n) is 6.10. The summed E-state index contributed by atoms with van der Waals surface area (Å²) in [6.45, 7) is 3.96. The molecule has 0 aliphatic carbocycles. The van der Waals surface area contributed by atoms with Crippen molar-refractivity contribution in [1.82, 2.24) is 10.6 Å². The lowest BCUT2D eigenvalue weighted by atomic mass is 10.1. The van der Waals surface area contributed by atoms with Gasteiger partial charge < -0.3 is 24.8 Å². The summed E-state index contributed by atoms with van der Waals surface area (Å²) in [6.07, 6.45) is 0.908. The Hall–Kier alpha value is -2.57. The minimum atomic E-state index is 0.546. The summed E-state index contributed by atoms with van der Waals surface area (Å²) in [5.41, 5.74) is 2.25. The van der Waals surface area contributed by atoms with E-state index < -0.39 is 0 Å². The Morgan fingerprint density at radius 3 is 2.39 bits per heavy atom. The highest BCUT2D eigenvalue weighted by Gasteiger charge is 2.05. The first kappa shape index (κ1) is 21.7. The molecule has 6 nitrogen and oxygen atoms in total. The maximum absolute atomic E-state index is 5.99. The first-order valence-electron chi connectivity index (χ1n) is 9.63. The van der Waals surface area contributed by atoms with Gasteiger partial charge in [0, 0.05) is 32.9 Å². The van der Waals surface area contributed by atoms with Crippen LogP contribution in [0.2, 0.25) is 0 Å². The number of hydrogen-bond donors (Lipinski definition) is 2. The maximum atomic E-state index is 5.99. The van der Waals surface area contributed by atoms with Crippen molar-refractivity contribution in [3.05, 3.63) is 54.6 Å². The number of ether oxygens (including phenoxy) is 3. The van der Waals surface area contributed by atoms with Crippen molar-refractivity contribution >= 4 is 5.96 Å². The lowest BCUT2D eigenvalue weighted by molar-refractivity contribution is 0.0698. The minimum absolute atomic E-state index is 0.546. The molecule has 0 unspecified atom stereocenters. The number of aliphatic imine (C=N–C) groups is 1. The van der Waals surface area contributed by atoms with Crippen molar-refractivity contribution in [3.8, 4) is 16.9 Å². The fraction of sp³-hybridized carbons (Fsp3) is 0.409. The number of hydrogen-bond acceptors (Lipinski definition) is 4. The molecule has 0 radical (unpaired) electrons. The fourth-order valence-electron chi connectivity index (χ4n) is 2.63. The van der Waals surface area contributed by atoms with Crippen LogP contribution in [0.3, 0.4) is 0 Å². The van der Waals surface area contributed by atoms with Crippen molar-refractivity contribution in [2.24, 2.45) is 4.99 Å². The van der Waals surface area contributed by atoms with E-state index in [1.54, 1.807) is 14.2 Å². The Morgan fingerprint density at radius 2 is 1.61 bits per heavy atom. The van der Waals surface area contributed by atoms with Crippen molar-refractivity contribution in [3.63, 3.8) is 0 Å². The summed E-state index contributed by atoms with van der Waals surface area (Å²) in [6, 6.07) is 18.4. The zero-order valence-corrected chi connectivity index (χ0v) is 16.8. The molecule has 0 amide bonds. The lowest BCUT2D eigenvalue weighted by Gasteiger charge is -2.14. The number of benzene rings is 2. The number of rotatable bonds is 12. The van der Waals surface area contributed by atoms with Gasteiger partial charge in [0.25, 0.3) is 0 Å². The van der Waals surface area contributed by atoms with Gasteiger partial charge in [-0.3, -0.25) is 4.99 Å². The van der Waals surface area contributed by atoms with E-state index >= 15 is 0 Å². The molecular formula is C22H31N3O3. The molecule has 0 saturated carbocycles. The fourth-order valence-corrected chi connectivity index (χ4v) is 2.63. The summed E-state index contributed by atoms with van der Waals surface area (Å²) in [5, 5.41) is 6.53. The topological polar surface area (TPSA) is 64.1 Å². The highest BCUT2D eigenvalue weighted by atomic mass is 16.5. The predicted octanol–water partition coefficient (Wildman–Crippen LogP) is 2.95. The van der Waals surface area contributed by atoms with Crippen LogP contribution in [-0.4, -0.2) is 59.6 Å². The van der Waals surface area contributed by atoms with Gasteiger partial charge in [0.2, 0.25) is 0 Å². The standard InChI is InChI=1S/C22H31N3O3/c1-23-22(24-13-8-15-27-18-17-26-2)25-14-16-28-21-12-7-6-11-20(21)19-9-4-3-5-10-19/h3-7,9-12H,8,13-18H2,1-2H3,(H2,23,24,25). The van der Waals surface area contributed by atoms with Gasteiger partial charge in [-0.05, 0) is 18.1 Å². The SMILES string of the molecule is CN=C(NCCCOCCOC)NCCOc1ccccc1-c1ccccc1. The second-order valence-corrected chi connectivity index (χ2v) is 6.10. The summed E-state index contributed by atoms with van der Waals surface area (Å²) in [5.74, 6) is 1.64. The van der Waals surface area contributed by atoms with Crippen LogP contribution in [-0.2, 0) is 9.47 Å². The molecule has 0 aliphatic heterocycles. The lowest BCUT2D eigenvalue weighted by Crippen LogP contribution is -2.39. The van der Waals surface area contributed by atoms with Gasteiger partial charge in [-0.2, -0.15) is 0 Å². The Kier molecular flexibility index (Phi) is 10.5. The molecule has 28 heavy (non-hydrogen) atoms. The first-order valence-corrected chi connectivity index (χ1v) is 9.63. The first-order chi connectivity index (χ1) is 13.8. The average molecular weight is 386 g/mol. The molecule has 2 aromatic rings. The molecule has 0 atom stereocenters. The molecule has 2 rings (SSSR count). The molecule has 0 heterocycles. The average Bonchev–Trinajstić information content (AvgIpc) is 2.75. The van der Waals surface area contributed by atoms with Crippen molar-refractivity contribution in [2.75, 3.05) is 53.7 Å². The molecular weight excluding hydrogens is 354 g/mol. The van der Waals surface area contributed by atoms with Gasteiger partial charge in [0.15, 0.2) is 5.96 Å². The van der Waals surface area contributed by atoms with E-state index in [-0.39, 0.29) is 0 Å². The summed E-state index contributed by atoms with van der Waals surface area (Å²) < 4.78 is 16.4. The van der Waals surface area contributed by atoms with Gasteiger partial charge in [-0.1, -0.05) is 48.5 Å². The molecule has 0 spiro atoms. The third-order valence-corrected chi connectivity index (χ3v) is 4.04. The van der Waals surface area contributed by atoms with Crippen LogP contribution in [0.5, 0.6) is 5.75 Å². The largest absolute Gasteiger partial charge is 0.491 e. The van der Waals surface area contributed by atoms with Crippen LogP contribution < -0.4 is 15.4 Å². The number of nitrogens with one attached hydrogen (secondary N) is 2. The van der Waals surface area contributed by atoms with Crippen LogP contribution >= 0.6 is 0 Å². The van der Waals surface area contributed by atoms with Gasteiger partial charge in [0.1, 0.15) is 12.4 Å². The second kappa shape index (κ2) is 13.6. The normalized spacial score (nSPS) is 11.3. The molecule has 0 aliphatic rings. The molecule has 0 aromatic heterocycles. The van der Waals surface area contributed by atoms with E-state index in [0.717, 1.165) is 35.8 Å². The third-order valence-electron chi connectivity index (χ3n) is 4.04. The van der Waals surface area contributed by atoms with Gasteiger partial charge in [0.05, 0.1) is 19.8 Å². The highest BCUT2D eigenvalue weighted by Crippen LogP contribution is 2.29.